The van der Waals surface area contributed by atoms with Gasteiger partial charge < -0.3 is 15.0 Å². The van der Waals surface area contributed by atoms with Crippen LogP contribution in [0.2, 0.25) is 10.0 Å². The number of para-hydroxylation sites is 1. The van der Waals surface area contributed by atoms with Crippen LogP contribution in [-0.2, 0) is 16.2 Å². The van der Waals surface area contributed by atoms with Crippen molar-refractivity contribution in [1.29, 1.82) is 0 Å². The van der Waals surface area contributed by atoms with E-state index in [2.05, 4.69) is 24.1 Å². The van der Waals surface area contributed by atoms with Gasteiger partial charge in [-0.25, -0.2) is 0 Å². The van der Waals surface area contributed by atoms with E-state index in [4.69, 9.17) is 27.9 Å². The summed E-state index contributed by atoms with van der Waals surface area (Å²) in [7, 11) is 0. The molecule has 1 N–H and O–H groups in total. The summed E-state index contributed by atoms with van der Waals surface area (Å²) in [5, 5.41) is 3.34. The Labute approximate surface area is 254 Å². The lowest BCUT2D eigenvalue weighted by atomic mass is 10.1. The van der Waals surface area contributed by atoms with E-state index >= 15 is 0 Å². The predicted octanol–water partition coefficient (Wildman–Crippen LogP) is 7.71. The summed E-state index contributed by atoms with van der Waals surface area (Å²) in [4.78, 5) is 42.1. The van der Waals surface area contributed by atoms with Crippen molar-refractivity contribution in [1.82, 2.24) is 4.90 Å². The Hall–Kier alpha value is -3.46. The number of amides is 3. The van der Waals surface area contributed by atoms with E-state index in [1.807, 2.05) is 50.2 Å². The highest BCUT2D eigenvalue weighted by Crippen LogP contribution is 2.36. The van der Waals surface area contributed by atoms with Gasteiger partial charge in [0.1, 0.15) is 18.9 Å². The highest BCUT2D eigenvalue weighted by Gasteiger charge is 2.36. The largest absolute Gasteiger partial charge is 0.488 e. The molecule has 1 aliphatic heterocycles. The second kappa shape index (κ2) is 13.5. The Morgan fingerprint density at radius 3 is 2.39 bits per heavy atom. The highest BCUT2D eigenvalue weighted by atomic mass is 35.5. The van der Waals surface area contributed by atoms with Crippen LogP contribution >= 0.6 is 35.0 Å². The van der Waals surface area contributed by atoms with Crippen LogP contribution in [0.15, 0.2) is 59.5 Å². The molecule has 0 aromatic heterocycles. The van der Waals surface area contributed by atoms with E-state index in [0.29, 0.717) is 27.0 Å². The Balaban J connectivity index is 1.57. The first-order valence-electron chi connectivity index (χ1n) is 13.2. The van der Waals surface area contributed by atoms with Crippen LogP contribution < -0.4 is 15.0 Å². The van der Waals surface area contributed by atoms with Crippen molar-refractivity contribution in [2.24, 2.45) is 0 Å². The van der Waals surface area contributed by atoms with Crippen molar-refractivity contribution < 1.29 is 19.1 Å². The number of halogens is 2. The Bertz CT molecular complexity index is 1500. The van der Waals surface area contributed by atoms with Gasteiger partial charge in [-0.2, -0.15) is 0 Å². The van der Waals surface area contributed by atoms with E-state index in [-0.39, 0.29) is 18.1 Å². The van der Waals surface area contributed by atoms with Gasteiger partial charge in [0.2, 0.25) is 5.91 Å². The number of hydrogen-bond donors (Lipinski definition) is 1. The number of anilines is 2. The zero-order valence-electron chi connectivity index (χ0n) is 23.3. The van der Waals surface area contributed by atoms with Gasteiger partial charge in [-0.1, -0.05) is 47.5 Å². The standard InChI is InChI=1S/C31H31Cl2N3O4S/c1-5-35(6-2)24-13-11-21(26(16-24)40-18-22-10-12-23(32)15-25(22)33)14-27-30(38)36(31(39)41-27)17-28(37)34-29-19(3)8-7-9-20(29)4/h7-16H,5-6,17-18H2,1-4H3,(H,34,37)/b27-14+. The third-order valence-corrected chi connectivity index (χ3v) is 8.23. The average molecular weight is 613 g/mol. The lowest BCUT2D eigenvalue weighted by molar-refractivity contribution is -0.127. The van der Waals surface area contributed by atoms with Crippen LogP contribution in [-0.4, -0.2) is 41.6 Å². The third-order valence-electron chi connectivity index (χ3n) is 6.73. The summed E-state index contributed by atoms with van der Waals surface area (Å²) in [5.41, 5.74) is 4.80. The predicted molar refractivity (Wildman–Crippen MR) is 168 cm³/mol. The number of hydrogen-bond acceptors (Lipinski definition) is 6. The van der Waals surface area contributed by atoms with Gasteiger partial charge in [0, 0.05) is 51.7 Å². The van der Waals surface area contributed by atoms with Gasteiger partial charge in [0.05, 0.1) is 4.91 Å². The van der Waals surface area contributed by atoms with Crippen LogP contribution in [0, 0.1) is 13.8 Å². The number of nitrogens with one attached hydrogen (secondary N) is 1. The van der Waals surface area contributed by atoms with Gasteiger partial charge in [-0.05, 0) is 80.9 Å². The van der Waals surface area contributed by atoms with Gasteiger partial charge >= 0.3 is 0 Å². The summed E-state index contributed by atoms with van der Waals surface area (Å²) in [5.74, 6) is -0.449. The summed E-state index contributed by atoms with van der Waals surface area (Å²) < 4.78 is 6.19. The molecule has 0 atom stereocenters. The molecule has 0 aliphatic carbocycles. The fourth-order valence-corrected chi connectivity index (χ4v) is 5.75. The number of ether oxygens (including phenoxy) is 1. The maximum atomic E-state index is 13.2. The number of carbonyl (C=O) groups is 3. The minimum atomic E-state index is -0.531. The van der Waals surface area contributed by atoms with E-state index in [9.17, 15) is 14.4 Å². The minimum Gasteiger partial charge on any atom is -0.488 e. The molecule has 10 heteroatoms. The number of rotatable bonds is 10. The van der Waals surface area contributed by atoms with Crippen molar-refractivity contribution in [2.75, 3.05) is 29.9 Å². The van der Waals surface area contributed by atoms with Crippen LogP contribution in [0.5, 0.6) is 5.75 Å². The maximum absolute atomic E-state index is 13.2. The monoisotopic (exact) mass is 611 g/mol. The van der Waals surface area contributed by atoms with Gasteiger partial charge in [-0.3, -0.25) is 19.3 Å². The molecule has 4 rings (SSSR count). The summed E-state index contributed by atoms with van der Waals surface area (Å²) >= 11 is 13.2. The molecule has 3 aromatic rings. The number of imide groups is 1. The molecule has 7 nitrogen and oxygen atoms in total. The van der Waals surface area contributed by atoms with Crippen molar-refractivity contribution >= 4 is 69.5 Å². The first-order chi connectivity index (χ1) is 19.6. The molecule has 0 radical (unpaired) electrons. The normalized spacial score (nSPS) is 14.1. The molecule has 0 bridgehead atoms. The number of carbonyl (C=O) groups excluding carboxylic acids is 3. The van der Waals surface area contributed by atoms with Crippen molar-refractivity contribution in [3.05, 3.63) is 91.8 Å². The molecule has 0 spiro atoms. The molecule has 3 amide bonds. The average Bonchev–Trinajstić information content (AvgIpc) is 3.19. The lowest BCUT2D eigenvalue weighted by Gasteiger charge is -2.22. The molecular formula is C31H31Cl2N3O4S. The molecule has 0 unspecified atom stereocenters. The van der Waals surface area contributed by atoms with E-state index in [0.717, 1.165) is 52.1 Å². The number of aryl methyl sites for hydroxylation is 2. The molecule has 3 aromatic carbocycles. The second-order valence-corrected chi connectivity index (χ2v) is 11.3. The summed E-state index contributed by atoms with van der Waals surface area (Å²) in [6.45, 7) is 9.32. The second-order valence-electron chi connectivity index (χ2n) is 9.50. The third kappa shape index (κ3) is 7.25. The summed E-state index contributed by atoms with van der Waals surface area (Å²) in [6, 6.07) is 16.6. The number of benzene rings is 3. The molecule has 214 valence electrons. The molecule has 1 fully saturated rings. The SMILES string of the molecule is CCN(CC)c1ccc(/C=C2/SC(=O)N(CC(=O)Nc3c(C)cccc3C)C2=O)c(OCc2ccc(Cl)cc2Cl)c1. The molecule has 1 saturated heterocycles. The van der Waals surface area contributed by atoms with Gasteiger partial charge in [-0.15, -0.1) is 0 Å². The van der Waals surface area contributed by atoms with Crippen LogP contribution in [0.25, 0.3) is 6.08 Å². The molecule has 41 heavy (non-hydrogen) atoms. The first kappa shape index (κ1) is 30.5. The van der Waals surface area contributed by atoms with E-state index in [1.54, 1.807) is 24.3 Å². The maximum Gasteiger partial charge on any atom is 0.294 e. The fraction of sp³-hybridized carbons (Fsp3) is 0.258. The zero-order chi connectivity index (χ0) is 29.7. The first-order valence-corrected chi connectivity index (χ1v) is 14.8. The van der Waals surface area contributed by atoms with Crippen LogP contribution in [0.3, 0.4) is 0 Å². The molecular weight excluding hydrogens is 581 g/mol. The highest BCUT2D eigenvalue weighted by molar-refractivity contribution is 8.18. The van der Waals surface area contributed by atoms with Crippen molar-refractivity contribution in [3.8, 4) is 5.75 Å². The minimum absolute atomic E-state index is 0.179. The Morgan fingerprint density at radius 2 is 1.73 bits per heavy atom. The quantitative estimate of drug-likeness (QED) is 0.236. The zero-order valence-corrected chi connectivity index (χ0v) is 25.6. The Kier molecular flexibility index (Phi) is 10.0. The van der Waals surface area contributed by atoms with Gasteiger partial charge in [0.25, 0.3) is 11.1 Å². The topological polar surface area (TPSA) is 79.0 Å². The van der Waals surface area contributed by atoms with E-state index < -0.39 is 17.1 Å². The molecule has 1 heterocycles. The molecule has 1 aliphatic rings. The number of nitrogens with zero attached hydrogens (tertiary/aromatic N) is 2. The van der Waals surface area contributed by atoms with Crippen molar-refractivity contribution in [3.63, 3.8) is 0 Å². The summed E-state index contributed by atoms with van der Waals surface area (Å²) in [6.07, 6.45) is 1.62. The fourth-order valence-electron chi connectivity index (χ4n) is 4.46. The van der Waals surface area contributed by atoms with Crippen molar-refractivity contribution in [2.45, 2.75) is 34.3 Å². The lowest BCUT2D eigenvalue weighted by Crippen LogP contribution is -2.36. The smallest absolute Gasteiger partial charge is 0.294 e. The van der Waals surface area contributed by atoms with Gasteiger partial charge in [0.15, 0.2) is 0 Å². The number of thioether (sulfide) groups is 1. The van der Waals surface area contributed by atoms with Crippen LogP contribution in [0.1, 0.15) is 36.1 Å². The molecule has 0 saturated carbocycles. The van der Waals surface area contributed by atoms with E-state index in [1.165, 1.54) is 0 Å². The van der Waals surface area contributed by atoms with Crippen LogP contribution in [0.4, 0.5) is 16.2 Å². The Morgan fingerprint density at radius 1 is 1.02 bits per heavy atom.